The monoisotopic (exact) mass is 155 g/mol. The molecule has 0 aromatic carbocycles. The second kappa shape index (κ2) is 3.50. The Balaban J connectivity index is 2.67. The van der Waals surface area contributed by atoms with Gasteiger partial charge in [-0.3, -0.25) is 5.10 Å². The molecule has 0 aliphatic carbocycles. The maximum atomic E-state index is 9.45. The standard InChI is InChI=1S/C7H13N3O/c1-5-6(4-9-10-5)7(11)2-3-8/h4,7,11H,2-3,8H2,1H3,(H,9,10). The maximum absolute atomic E-state index is 9.45. The fourth-order valence-corrected chi connectivity index (χ4v) is 1.01. The summed E-state index contributed by atoms with van der Waals surface area (Å²) in [7, 11) is 0. The minimum absolute atomic E-state index is 0.473. The van der Waals surface area contributed by atoms with Crippen molar-refractivity contribution in [2.75, 3.05) is 6.54 Å². The van der Waals surface area contributed by atoms with Gasteiger partial charge in [-0.15, -0.1) is 0 Å². The number of aliphatic hydroxyl groups excluding tert-OH is 1. The number of hydrogen-bond donors (Lipinski definition) is 3. The molecule has 11 heavy (non-hydrogen) atoms. The fourth-order valence-electron chi connectivity index (χ4n) is 1.01. The number of nitrogens with one attached hydrogen (secondary N) is 1. The fraction of sp³-hybridized carbons (Fsp3) is 0.571. The Hall–Kier alpha value is -0.870. The van der Waals surface area contributed by atoms with Crippen LogP contribution in [0.15, 0.2) is 6.20 Å². The molecular weight excluding hydrogens is 142 g/mol. The van der Waals surface area contributed by atoms with Gasteiger partial charge < -0.3 is 10.8 Å². The highest BCUT2D eigenvalue weighted by Gasteiger charge is 2.09. The maximum Gasteiger partial charge on any atom is 0.0835 e. The van der Waals surface area contributed by atoms with Crippen LogP contribution in [0, 0.1) is 6.92 Å². The van der Waals surface area contributed by atoms with Crippen molar-refractivity contribution >= 4 is 0 Å². The highest BCUT2D eigenvalue weighted by Crippen LogP contribution is 2.16. The highest BCUT2D eigenvalue weighted by atomic mass is 16.3. The molecule has 1 aromatic heterocycles. The van der Waals surface area contributed by atoms with Gasteiger partial charge in [0.25, 0.3) is 0 Å². The summed E-state index contributed by atoms with van der Waals surface area (Å²) in [5.74, 6) is 0. The van der Waals surface area contributed by atoms with Gasteiger partial charge in [0.2, 0.25) is 0 Å². The molecule has 4 nitrogen and oxygen atoms in total. The van der Waals surface area contributed by atoms with E-state index >= 15 is 0 Å². The molecule has 0 spiro atoms. The van der Waals surface area contributed by atoms with Crippen LogP contribution in [0.4, 0.5) is 0 Å². The molecule has 1 atom stereocenters. The number of rotatable bonds is 3. The van der Waals surface area contributed by atoms with Crippen molar-refractivity contribution in [2.45, 2.75) is 19.4 Å². The average molecular weight is 155 g/mol. The minimum atomic E-state index is -0.473. The third-order valence-electron chi connectivity index (χ3n) is 1.67. The first-order chi connectivity index (χ1) is 5.25. The smallest absolute Gasteiger partial charge is 0.0835 e. The SMILES string of the molecule is Cc1[nH]ncc1C(O)CCN. The molecule has 62 valence electrons. The van der Waals surface area contributed by atoms with Gasteiger partial charge >= 0.3 is 0 Å². The number of H-pyrrole nitrogens is 1. The Morgan fingerprint density at radius 2 is 2.55 bits per heavy atom. The summed E-state index contributed by atoms with van der Waals surface area (Å²) in [6.07, 6.45) is 1.74. The minimum Gasteiger partial charge on any atom is -0.388 e. The quantitative estimate of drug-likeness (QED) is 0.579. The average Bonchev–Trinajstić information content (AvgIpc) is 2.36. The van der Waals surface area contributed by atoms with Gasteiger partial charge in [-0.1, -0.05) is 0 Å². The summed E-state index contributed by atoms with van der Waals surface area (Å²) in [6.45, 7) is 2.37. The number of hydrogen-bond acceptors (Lipinski definition) is 3. The van der Waals surface area contributed by atoms with Gasteiger partial charge in [0.05, 0.1) is 12.3 Å². The van der Waals surface area contributed by atoms with Crippen LogP contribution in [-0.4, -0.2) is 21.8 Å². The van der Waals surface area contributed by atoms with Crippen molar-refractivity contribution in [1.82, 2.24) is 10.2 Å². The molecule has 0 saturated heterocycles. The van der Waals surface area contributed by atoms with Crippen molar-refractivity contribution in [2.24, 2.45) is 5.73 Å². The van der Waals surface area contributed by atoms with Crippen LogP contribution in [0.3, 0.4) is 0 Å². The van der Waals surface area contributed by atoms with E-state index in [9.17, 15) is 5.11 Å². The van der Waals surface area contributed by atoms with Crippen molar-refractivity contribution in [3.05, 3.63) is 17.5 Å². The number of aromatic nitrogens is 2. The molecule has 0 radical (unpaired) electrons. The largest absolute Gasteiger partial charge is 0.388 e. The molecule has 0 bridgehead atoms. The van der Waals surface area contributed by atoms with Gasteiger partial charge in [0, 0.05) is 11.3 Å². The first-order valence-electron chi connectivity index (χ1n) is 3.63. The first kappa shape index (κ1) is 8.23. The molecule has 1 unspecified atom stereocenters. The van der Waals surface area contributed by atoms with Crippen molar-refractivity contribution in [3.63, 3.8) is 0 Å². The molecule has 4 heteroatoms. The molecule has 0 aliphatic heterocycles. The lowest BCUT2D eigenvalue weighted by Crippen LogP contribution is -2.06. The second-order valence-electron chi connectivity index (χ2n) is 2.54. The molecular formula is C7H13N3O. The Bertz CT molecular complexity index is 221. The normalized spacial score (nSPS) is 13.4. The Labute approximate surface area is 65.4 Å². The Morgan fingerprint density at radius 3 is 3.00 bits per heavy atom. The highest BCUT2D eigenvalue weighted by molar-refractivity contribution is 5.17. The summed E-state index contributed by atoms with van der Waals surface area (Å²) >= 11 is 0. The zero-order chi connectivity index (χ0) is 8.27. The molecule has 1 heterocycles. The topological polar surface area (TPSA) is 74.9 Å². The van der Waals surface area contributed by atoms with Crippen LogP contribution < -0.4 is 5.73 Å². The predicted molar refractivity (Wildman–Crippen MR) is 42.0 cm³/mol. The molecule has 1 rings (SSSR count). The Kier molecular flexibility index (Phi) is 2.62. The Morgan fingerprint density at radius 1 is 1.82 bits per heavy atom. The first-order valence-corrected chi connectivity index (χ1v) is 3.63. The number of aliphatic hydroxyl groups is 1. The van der Waals surface area contributed by atoms with Crippen LogP contribution in [0.1, 0.15) is 23.8 Å². The summed E-state index contributed by atoms with van der Waals surface area (Å²) < 4.78 is 0. The lowest BCUT2D eigenvalue weighted by molar-refractivity contribution is 0.169. The third-order valence-corrected chi connectivity index (χ3v) is 1.67. The van der Waals surface area contributed by atoms with Gasteiger partial charge in [-0.05, 0) is 19.9 Å². The number of nitrogens with two attached hydrogens (primary N) is 1. The van der Waals surface area contributed by atoms with E-state index < -0.39 is 6.10 Å². The lowest BCUT2D eigenvalue weighted by Gasteiger charge is -2.06. The molecule has 0 fully saturated rings. The van der Waals surface area contributed by atoms with Crippen LogP contribution >= 0.6 is 0 Å². The van der Waals surface area contributed by atoms with E-state index in [1.165, 1.54) is 0 Å². The second-order valence-corrected chi connectivity index (χ2v) is 2.54. The van der Waals surface area contributed by atoms with E-state index in [0.29, 0.717) is 13.0 Å². The lowest BCUT2D eigenvalue weighted by atomic mass is 10.1. The van der Waals surface area contributed by atoms with Gasteiger partial charge in [0.1, 0.15) is 0 Å². The molecule has 1 aromatic rings. The number of aryl methyl sites for hydroxylation is 1. The van der Waals surface area contributed by atoms with Crippen molar-refractivity contribution in [1.29, 1.82) is 0 Å². The van der Waals surface area contributed by atoms with E-state index in [0.717, 1.165) is 11.3 Å². The third kappa shape index (κ3) is 1.78. The van der Waals surface area contributed by atoms with Crippen LogP contribution in [0.5, 0.6) is 0 Å². The zero-order valence-electron chi connectivity index (χ0n) is 6.54. The van der Waals surface area contributed by atoms with Crippen LogP contribution in [0.25, 0.3) is 0 Å². The number of aromatic amines is 1. The van der Waals surface area contributed by atoms with E-state index in [4.69, 9.17) is 5.73 Å². The zero-order valence-corrected chi connectivity index (χ0v) is 6.54. The summed E-state index contributed by atoms with van der Waals surface area (Å²) in [5.41, 5.74) is 7.05. The van der Waals surface area contributed by atoms with Gasteiger partial charge in [-0.2, -0.15) is 5.10 Å². The van der Waals surface area contributed by atoms with Gasteiger partial charge in [0.15, 0.2) is 0 Å². The summed E-state index contributed by atoms with van der Waals surface area (Å²) in [4.78, 5) is 0. The van der Waals surface area contributed by atoms with Crippen molar-refractivity contribution < 1.29 is 5.11 Å². The van der Waals surface area contributed by atoms with Crippen LogP contribution in [-0.2, 0) is 0 Å². The number of nitrogens with zero attached hydrogens (tertiary/aromatic N) is 1. The molecule has 0 amide bonds. The summed E-state index contributed by atoms with van der Waals surface area (Å²) in [6, 6.07) is 0. The van der Waals surface area contributed by atoms with E-state index in [2.05, 4.69) is 10.2 Å². The molecule has 4 N–H and O–H groups in total. The van der Waals surface area contributed by atoms with E-state index in [1.54, 1.807) is 6.20 Å². The molecule has 0 saturated carbocycles. The molecule has 0 aliphatic rings. The summed E-state index contributed by atoms with van der Waals surface area (Å²) in [5, 5.41) is 16.0. The van der Waals surface area contributed by atoms with Gasteiger partial charge in [-0.25, -0.2) is 0 Å². The van der Waals surface area contributed by atoms with E-state index in [1.807, 2.05) is 6.92 Å². The predicted octanol–water partition coefficient (Wildman–Crippen LogP) is 0.100. The van der Waals surface area contributed by atoms with E-state index in [-0.39, 0.29) is 0 Å². The van der Waals surface area contributed by atoms with Crippen LogP contribution in [0.2, 0.25) is 0 Å². The van der Waals surface area contributed by atoms with Crippen molar-refractivity contribution in [3.8, 4) is 0 Å².